The highest BCUT2D eigenvalue weighted by molar-refractivity contribution is 5.96. The Kier molecular flexibility index (Phi) is 6.42. The summed E-state index contributed by atoms with van der Waals surface area (Å²) in [6, 6.07) is 10.4. The van der Waals surface area contributed by atoms with Crippen LogP contribution >= 0.6 is 0 Å². The van der Waals surface area contributed by atoms with Crippen LogP contribution in [0.2, 0.25) is 0 Å². The molecule has 1 fully saturated rings. The Bertz CT molecular complexity index is 895. The van der Waals surface area contributed by atoms with E-state index in [1.807, 2.05) is 48.8 Å². The molecular formula is C23H31N3O3. The van der Waals surface area contributed by atoms with Gasteiger partial charge in [-0.15, -0.1) is 0 Å². The number of aromatic nitrogens is 1. The molecule has 29 heavy (non-hydrogen) atoms. The van der Waals surface area contributed by atoms with Crippen LogP contribution < -0.4 is 0 Å². The van der Waals surface area contributed by atoms with Crippen LogP contribution in [0.1, 0.15) is 47.1 Å². The Labute approximate surface area is 172 Å². The summed E-state index contributed by atoms with van der Waals surface area (Å²) in [7, 11) is 0. The zero-order valence-corrected chi connectivity index (χ0v) is 17.8. The summed E-state index contributed by atoms with van der Waals surface area (Å²) >= 11 is 0. The molecule has 0 aliphatic carbocycles. The number of hydrogen-bond donors (Lipinski definition) is 1. The average molecular weight is 398 g/mol. The highest BCUT2D eigenvalue weighted by Crippen LogP contribution is 2.25. The Morgan fingerprint density at radius 1 is 1.14 bits per heavy atom. The maximum absolute atomic E-state index is 13.2. The van der Waals surface area contributed by atoms with Crippen molar-refractivity contribution in [2.45, 2.75) is 46.6 Å². The number of aliphatic carboxylic acids is 1. The second kappa shape index (κ2) is 8.82. The van der Waals surface area contributed by atoms with E-state index in [0.29, 0.717) is 19.6 Å². The number of rotatable bonds is 6. The van der Waals surface area contributed by atoms with E-state index < -0.39 is 5.97 Å². The molecule has 0 saturated carbocycles. The van der Waals surface area contributed by atoms with Gasteiger partial charge in [-0.3, -0.25) is 14.5 Å². The molecule has 1 aliphatic heterocycles. The van der Waals surface area contributed by atoms with Gasteiger partial charge in [-0.05, 0) is 57.9 Å². The van der Waals surface area contributed by atoms with Gasteiger partial charge in [-0.25, -0.2) is 0 Å². The fraction of sp³-hybridized carbons (Fsp3) is 0.478. The number of amides is 1. The van der Waals surface area contributed by atoms with E-state index in [-0.39, 0.29) is 18.5 Å². The molecule has 156 valence electrons. The Morgan fingerprint density at radius 2 is 1.79 bits per heavy atom. The predicted molar refractivity (Wildman–Crippen MR) is 114 cm³/mol. The molecule has 0 unspecified atom stereocenters. The lowest BCUT2D eigenvalue weighted by molar-refractivity contribution is -0.139. The van der Waals surface area contributed by atoms with E-state index in [4.69, 9.17) is 5.11 Å². The van der Waals surface area contributed by atoms with Gasteiger partial charge in [0, 0.05) is 36.2 Å². The lowest BCUT2D eigenvalue weighted by Gasteiger charge is -2.37. The molecule has 1 saturated heterocycles. The summed E-state index contributed by atoms with van der Waals surface area (Å²) in [6.07, 6.45) is 1.62. The van der Waals surface area contributed by atoms with Crippen molar-refractivity contribution in [3.05, 3.63) is 52.8 Å². The first-order valence-electron chi connectivity index (χ1n) is 10.3. The van der Waals surface area contributed by atoms with Crippen molar-refractivity contribution < 1.29 is 14.7 Å². The quantitative estimate of drug-likeness (QED) is 0.811. The van der Waals surface area contributed by atoms with E-state index in [9.17, 15) is 9.59 Å². The maximum Gasteiger partial charge on any atom is 0.317 e. The smallest absolute Gasteiger partial charge is 0.317 e. The first-order chi connectivity index (χ1) is 13.8. The third kappa shape index (κ3) is 4.37. The number of benzene rings is 1. The monoisotopic (exact) mass is 397 g/mol. The SMILES string of the molecule is CCN(CC(=O)O)C1CCN(C(=O)c2cc(C)n(-c3ccccc3C)c2C)CC1. The molecule has 1 aromatic heterocycles. The summed E-state index contributed by atoms with van der Waals surface area (Å²) in [5.74, 6) is -0.730. The van der Waals surface area contributed by atoms with E-state index in [1.54, 1.807) is 0 Å². The standard InChI is InChI=1S/C23H31N3O3/c1-5-24(15-22(27)28)19-10-12-25(13-11-19)23(29)20-14-17(3)26(18(20)4)21-9-7-6-8-16(21)2/h6-9,14,19H,5,10-13,15H2,1-4H3,(H,27,28). The number of hydrogen-bond acceptors (Lipinski definition) is 3. The van der Waals surface area contributed by atoms with Crippen LogP contribution in [0.4, 0.5) is 0 Å². The molecule has 0 atom stereocenters. The molecule has 6 nitrogen and oxygen atoms in total. The van der Waals surface area contributed by atoms with Gasteiger partial charge in [0.05, 0.1) is 12.1 Å². The molecule has 1 amide bonds. The second-order valence-electron chi connectivity index (χ2n) is 7.89. The molecule has 0 radical (unpaired) electrons. The largest absolute Gasteiger partial charge is 0.480 e. The van der Waals surface area contributed by atoms with Gasteiger partial charge >= 0.3 is 5.97 Å². The van der Waals surface area contributed by atoms with E-state index in [0.717, 1.165) is 35.5 Å². The molecule has 0 bridgehead atoms. The summed E-state index contributed by atoms with van der Waals surface area (Å²) in [5, 5.41) is 9.10. The van der Waals surface area contributed by atoms with Gasteiger partial charge in [-0.1, -0.05) is 25.1 Å². The van der Waals surface area contributed by atoms with Crippen molar-refractivity contribution in [3.63, 3.8) is 0 Å². The maximum atomic E-state index is 13.2. The fourth-order valence-corrected chi connectivity index (χ4v) is 4.44. The highest BCUT2D eigenvalue weighted by Gasteiger charge is 2.29. The van der Waals surface area contributed by atoms with Gasteiger partial charge in [-0.2, -0.15) is 0 Å². The number of carbonyl (C=O) groups excluding carboxylic acids is 1. The first kappa shape index (κ1) is 21.1. The van der Waals surface area contributed by atoms with Crippen LogP contribution in [0.3, 0.4) is 0 Å². The number of carboxylic acid groups (broad SMARTS) is 1. The van der Waals surface area contributed by atoms with Gasteiger partial charge in [0.15, 0.2) is 0 Å². The van der Waals surface area contributed by atoms with Gasteiger partial charge < -0.3 is 14.6 Å². The van der Waals surface area contributed by atoms with Crippen LogP contribution in [-0.2, 0) is 4.79 Å². The molecular weight excluding hydrogens is 366 g/mol. The lowest BCUT2D eigenvalue weighted by atomic mass is 10.0. The van der Waals surface area contributed by atoms with Crippen molar-refractivity contribution in [1.29, 1.82) is 0 Å². The van der Waals surface area contributed by atoms with Crippen molar-refractivity contribution in [2.24, 2.45) is 0 Å². The zero-order valence-electron chi connectivity index (χ0n) is 17.8. The Balaban J connectivity index is 1.75. The van der Waals surface area contributed by atoms with Crippen LogP contribution in [0.25, 0.3) is 5.69 Å². The minimum absolute atomic E-state index is 0.0622. The van der Waals surface area contributed by atoms with Gasteiger partial charge in [0.2, 0.25) is 0 Å². The lowest BCUT2D eigenvalue weighted by Crippen LogP contribution is -2.48. The average Bonchev–Trinajstić information content (AvgIpc) is 3.00. The highest BCUT2D eigenvalue weighted by atomic mass is 16.4. The second-order valence-corrected chi connectivity index (χ2v) is 7.89. The molecule has 2 heterocycles. The number of piperidine rings is 1. The van der Waals surface area contributed by atoms with Crippen molar-refractivity contribution in [3.8, 4) is 5.69 Å². The third-order valence-corrected chi connectivity index (χ3v) is 6.03. The molecule has 0 spiro atoms. The summed E-state index contributed by atoms with van der Waals surface area (Å²) in [5.41, 5.74) is 5.04. The van der Waals surface area contributed by atoms with Crippen LogP contribution in [0, 0.1) is 20.8 Å². The third-order valence-electron chi connectivity index (χ3n) is 6.03. The first-order valence-corrected chi connectivity index (χ1v) is 10.3. The van der Waals surface area contributed by atoms with Crippen LogP contribution in [-0.4, -0.2) is 63.6 Å². The summed E-state index contributed by atoms with van der Waals surface area (Å²) < 4.78 is 2.15. The number of aryl methyl sites for hydroxylation is 2. The van der Waals surface area contributed by atoms with E-state index in [2.05, 4.69) is 23.6 Å². The number of carbonyl (C=O) groups is 2. The number of nitrogens with zero attached hydrogens (tertiary/aromatic N) is 3. The molecule has 1 N–H and O–H groups in total. The molecule has 6 heteroatoms. The predicted octanol–water partition coefficient (Wildman–Crippen LogP) is 3.41. The topological polar surface area (TPSA) is 65.8 Å². The Hall–Kier alpha value is -2.60. The zero-order chi connectivity index (χ0) is 21.1. The van der Waals surface area contributed by atoms with Crippen LogP contribution in [0.15, 0.2) is 30.3 Å². The van der Waals surface area contributed by atoms with Crippen molar-refractivity contribution in [2.75, 3.05) is 26.2 Å². The fourth-order valence-electron chi connectivity index (χ4n) is 4.44. The molecule has 1 aromatic carbocycles. The minimum Gasteiger partial charge on any atom is -0.480 e. The Morgan fingerprint density at radius 3 is 2.38 bits per heavy atom. The molecule has 3 rings (SSSR count). The molecule has 2 aromatic rings. The number of para-hydroxylation sites is 1. The minimum atomic E-state index is -0.797. The summed E-state index contributed by atoms with van der Waals surface area (Å²) in [6.45, 7) is 10.2. The van der Waals surface area contributed by atoms with E-state index >= 15 is 0 Å². The number of likely N-dealkylation sites (tertiary alicyclic amines) is 1. The van der Waals surface area contributed by atoms with E-state index in [1.165, 1.54) is 5.56 Å². The normalized spacial score (nSPS) is 15.1. The van der Waals surface area contributed by atoms with Crippen molar-refractivity contribution in [1.82, 2.24) is 14.4 Å². The van der Waals surface area contributed by atoms with Gasteiger partial charge in [0.1, 0.15) is 0 Å². The van der Waals surface area contributed by atoms with Gasteiger partial charge in [0.25, 0.3) is 5.91 Å². The number of likely N-dealkylation sites (N-methyl/N-ethyl adjacent to an activating group) is 1. The molecule has 1 aliphatic rings. The van der Waals surface area contributed by atoms with Crippen molar-refractivity contribution >= 4 is 11.9 Å². The van der Waals surface area contributed by atoms with Crippen LogP contribution in [0.5, 0.6) is 0 Å². The number of carboxylic acids is 1. The summed E-state index contributed by atoms with van der Waals surface area (Å²) in [4.78, 5) is 28.2.